The fraction of sp³-hybridized carbons (Fsp3) is 0.750. The van der Waals surface area contributed by atoms with Gasteiger partial charge in [-0.05, 0) is 19.3 Å². The lowest BCUT2D eigenvalue weighted by atomic mass is 10.0. The third-order valence-electron chi connectivity index (χ3n) is 2.20. The Kier molecular flexibility index (Phi) is 8.52. The van der Waals surface area contributed by atoms with Gasteiger partial charge in [0.05, 0.1) is 13.2 Å². The summed E-state index contributed by atoms with van der Waals surface area (Å²) in [5.41, 5.74) is 5.01. The summed E-state index contributed by atoms with van der Waals surface area (Å²) in [6, 6.07) is -0.521. The van der Waals surface area contributed by atoms with Crippen molar-refractivity contribution in [3.8, 4) is 0 Å². The van der Waals surface area contributed by atoms with Crippen LogP contribution in [0.1, 0.15) is 27.2 Å². The minimum atomic E-state index is -0.521. The van der Waals surface area contributed by atoms with Gasteiger partial charge >= 0.3 is 5.97 Å². The molecule has 0 radical (unpaired) electrons. The summed E-state index contributed by atoms with van der Waals surface area (Å²) < 4.78 is 9.25. The van der Waals surface area contributed by atoms with Gasteiger partial charge in [0.2, 0.25) is 12.3 Å². The molecule has 1 aliphatic rings. The number of carbonyl (C=O) groups excluding carboxylic acids is 3. The zero-order valence-electron chi connectivity index (χ0n) is 11.5. The normalized spacial score (nSPS) is 17.8. The van der Waals surface area contributed by atoms with Crippen molar-refractivity contribution in [2.24, 2.45) is 11.7 Å². The molecule has 1 saturated heterocycles. The minimum absolute atomic E-state index is 0.229. The first kappa shape index (κ1) is 17.4. The summed E-state index contributed by atoms with van der Waals surface area (Å²) in [6.45, 7) is 6.68. The highest BCUT2D eigenvalue weighted by Crippen LogP contribution is 2.09. The summed E-state index contributed by atoms with van der Waals surface area (Å²) in [5, 5.41) is 2.36. The van der Waals surface area contributed by atoms with E-state index in [-0.39, 0.29) is 12.1 Å². The Balaban J connectivity index is 0.000000356. The quantitative estimate of drug-likeness (QED) is 0.372. The van der Waals surface area contributed by atoms with Crippen LogP contribution in [-0.4, -0.2) is 43.6 Å². The lowest BCUT2D eigenvalue weighted by molar-refractivity contribution is -0.144. The van der Waals surface area contributed by atoms with Gasteiger partial charge in [-0.3, -0.25) is 9.59 Å². The van der Waals surface area contributed by atoms with Gasteiger partial charge in [-0.1, -0.05) is 13.8 Å². The largest absolute Gasteiger partial charge is 0.464 e. The van der Waals surface area contributed by atoms with Gasteiger partial charge in [0.25, 0.3) is 0 Å². The smallest absolute Gasteiger partial charge is 0.337 e. The topological polar surface area (TPSA) is 111 Å². The average molecular weight is 274 g/mol. The van der Waals surface area contributed by atoms with Crippen LogP contribution < -0.4 is 11.1 Å². The van der Waals surface area contributed by atoms with E-state index in [2.05, 4.69) is 14.8 Å². The van der Waals surface area contributed by atoms with Gasteiger partial charge in [0.15, 0.2) is 6.10 Å². The molecule has 7 nitrogen and oxygen atoms in total. The second kappa shape index (κ2) is 9.32. The zero-order chi connectivity index (χ0) is 14.8. The molecule has 2 atom stereocenters. The van der Waals surface area contributed by atoms with Gasteiger partial charge in [-0.15, -0.1) is 0 Å². The second-order valence-corrected chi connectivity index (χ2v) is 4.44. The number of epoxide rings is 1. The van der Waals surface area contributed by atoms with E-state index in [1.165, 1.54) is 0 Å². The fourth-order valence-electron chi connectivity index (χ4n) is 1.24. The molecule has 1 aliphatic heterocycles. The molecule has 7 heteroatoms. The summed E-state index contributed by atoms with van der Waals surface area (Å²) in [4.78, 5) is 31.1. The number of esters is 1. The number of hydrogen-bond donors (Lipinski definition) is 2. The molecule has 0 aromatic carbocycles. The number of ether oxygens (including phenoxy) is 2. The molecular weight excluding hydrogens is 252 g/mol. The third-order valence-corrected chi connectivity index (χ3v) is 2.20. The van der Waals surface area contributed by atoms with E-state index < -0.39 is 11.9 Å². The summed E-state index contributed by atoms with van der Waals surface area (Å²) in [6.07, 6.45) is 0.848. The van der Waals surface area contributed by atoms with Gasteiger partial charge in [0.1, 0.15) is 6.04 Å². The van der Waals surface area contributed by atoms with Crippen molar-refractivity contribution in [3.05, 3.63) is 0 Å². The number of rotatable bonds is 7. The van der Waals surface area contributed by atoms with E-state index in [9.17, 15) is 14.4 Å². The van der Waals surface area contributed by atoms with Crippen LogP contribution in [0.2, 0.25) is 0 Å². The first-order valence-corrected chi connectivity index (χ1v) is 6.19. The predicted molar refractivity (Wildman–Crippen MR) is 68.0 cm³/mol. The van der Waals surface area contributed by atoms with Crippen LogP contribution in [0.5, 0.6) is 0 Å². The van der Waals surface area contributed by atoms with Crippen molar-refractivity contribution < 1.29 is 23.9 Å². The maximum absolute atomic E-state index is 10.6. The van der Waals surface area contributed by atoms with Crippen molar-refractivity contribution in [2.45, 2.75) is 39.3 Å². The second-order valence-electron chi connectivity index (χ2n) is 4.44. The third kappa shape index (κ3) is 9.01. The molecule has 2 amide bonds. The molecule has 0 aliphatic carbocycles. The van der Waals surface area contributed by atoms with Crippen LogP contribution in [0.3, 0.4) is 0 Å². The number of hydrogen-bond acceptors (Lipinski definition) is 5. The Morgan fingerprint density at radius 3 is 2.42 bits per heavy atom. The minimum Gasteiger partial charge on any atom is -0.464 e. The molecule has 1 rings (SSSR count). The Hall–Kier alpha value is -1.63. The summed E-state index contributed by atoms with van der Waals surface area (Å²) in [7, 11) is 0. The van der Waals surface area contributed by atoms with E-state index >= 15 is 0 Å². The van der Waals surface area contributed by atoms with Crippen molar-refractivity contribution in [3.63, 3.8) is 0 Å². The number of nitrogens with two attached hydrogens (primary N) is 1. The molecule has 3 N–H and O–H groups in total. The SMILES string of the molecule is CC(C)CC(NC=O)C(N)=O.CCOC(=O)C1CO1. The predicted octanol–water partition coefficient (Wildman–Crippen LogP) is -0.419. The summed E-state index contributed by atoms with van der Waals surface area (Å²) in [5.74, 6) is -0.363. The molecule has 0 aromatic heterocycles. The Morgan fingerprint density at radius 2 is 2.11 bits per heavy atom. The van der Waals surface area contributed by atoms with E-state index in [1.54, 1.807) is 6.92 Å². The number of carbonyl (C=O) groups is 3. The maximum Gasteiger partial charge on any atom is 0.337 e. The standard InChI is InChI=1S/C7H14N2O2.C5H8O3/c1-5(2)3-6(7(8)11)9-4-10;1-2-7-5(6)4-3-8-4/h4-6H,3H2,1-2H3,(H2,8,11)(H,9,10);4H,2-3H2,1H3. The highest BCUT2D eigenvalue weighted by molar-refractivity contribution is 5.81. The molecule has 1 heterocycles. The number of amides is 2. The molecule has 1 fully saturated rings. The Morgan fingerprint density at radius 1 is 1.53 bits per heavy atom. The molecule has 0 spiro atoms. The first-order chi connectivity index (χ1) is 8.92. The van der Waals surface area contributed by atoms with Crippen molar-refractivity contribution in [1.82, 2.24) is 5.32 Å². The van der Waals surface area contributed by atoms with E-state index in [0.717, 1.165) is 0 Å². The molecule has 19 heavy (non-hydrogen) atoms. The first-order valence-electron chi connectivity index (χ1n) is 6.19. The van der Waals surface area contributed by atoms with Crippen LogP contribution >= 0.6 is 0 Å². The van der Waals surface area contributed by atoms with Gasteiger partial charge in [-0.2, -0.15) is 0 Å². The van der Waals surface area contributed by atoms with E-state index in [0.29, 0.717) is 32.0 Å². The van der Waals surface area contributed by atoms with Crippen molar-refractivity contribution >= 4 is 18.3 Å². The van der Waals surface area contributed by atoms with Crippen molar-refractivity contribution in [2.75, 3.05) is 13.2 Å². The van der Waals surface area contributed by atoms with E-state index in [4.69, 9.17) is 5.73 Å². The number of nitrogens with one attached hydrogen (secondary N) is 1. The molecule has 2 unspecified atom stereocenters. The van der Waals surface area contributed by atoms with Gasteiger partial charge in [-0.25, -0.2) is 4.79 Å². The Bertz CT molecular complexity index is 302. The molecule has 0 aromatic rings. The highest BCUT2D eigenvalue weighted by Gasteiger charge is 2.32. The molecule has 0 saturated carbocycles. The monoisotopic (exact) mass is 274 g/mol. The van der Waals surface area contributed by atoms with Crippen LogP contribution in [-0.2, 0) is 23.9 Å². The van der Waals surface area contributed by atoms with Crippen LogP contribution in [0.15, 0.2) is 0 Å². The Labute approximate surface area is 112 Å². The molecular formula is C12H22N2O5. The van der Waals surface area contributed by atoms with Crippen LogP contribution in [0.4, 0.5) is 0 Å². The van der Waals surface area contributed by atoms with E-state index in [1.807, 2.05) is 13.8 Å². The molecule has 110 valence electrons. The van der Waals surface area contributed by atoms with Crippen LogP contribution in [0, 0.1) is 5.92 Å². The van der Waals surface area contributed by atoms with Gasteiger partial charge < -0.3 is 20.5 Å². The zero-order valence-corrected chi connectivity index (χ0v) is 11.5. The number of primary amides is 1. The molecule has 0 bridgehead atoms. The maximum atomic E-state index is 10.6. The van der Waals surface area contributed by atoms with Crippen molar-refractivity contribution in [1.29, 1.82) is 0 Å². The summed E-state index contributed by atoms with van der Waals surface area (Å²) >= 11 is 0. The lowest BCUT2D eigenvalue weighted by Gasteiger charge is -2.13. The average Bonchev–Trinajstić information content (AvgIpc) is 3.12. The fourth-order valence-corrected chi connectivity index (χ4v) is 1.24. The van der Waals surface area contributed by atoms with Gasteiger partial charge in [0, 0.05) is 0 Å². The highest BCUT2D eigenvalue weighted by atomic mass is 16.6. The van der Waals surface area contributed by atoms with Crippen LogP contribution in [0.25, 0.3) is 0 Å². The lowest BCUT2D eigenvalue weighted by Crippen LogP contribution is -2.41.